The van der Waals surface area contributed by atoms with E-state index in [9.17, 15) is 0 Å². The van der Waals surface area contributed by atoms with Crippen LogP contribution in [0.25, 0.3) is 129 Å². The van der Waals surface area contributed by atoms with Gasteiger partial charge in [0.05, 0.1) is 5.41 Å². The van der Waals surface area contributed by atoms with Crippen LogP contribution in [0.3, 0.4) is 0 Å². The zero-order valence-corrected chi connectivity index (χ0v) is 53.7. The van der Waals surface area contributed by atoms with E-state index in [0.29, 0.717) is 34.9 Å². The number of benzene rings is 12. The van der Waals surface area contributed by atoms with Gasteiger partial charge in [0.2, 0.25) is 0 Å². The fourth-order valence-electron chi connectivity index (χ4n) is 14.4. The van der Waals surface area contributed by atoms with Gasteiger partial charge in [-0.1, -0.05) is 311 Å². The monoisotopic (exact) mass is 1220 g/mol. The van der Waals surface area contributed by atoms with Crippen LogP contribution in [0.4, 0.5) is 0 Å². The van der Waals surface area contributed by atoms with E-state index >= 15 is 0 Å². The summed E-state index contributed by atoms with van der Waals surface area (Å²) in [6.45, 7) is 14.9. The molecular weight excluding hydrogens is 1150 g/mol. The van der Waals surface area contributed by atoms with Crippen LogP contribution < -0.4 is 0 Å². The minimum atomic E-state index is -0.594. The summed E-state index contributed by atoms with van der Waals surface area (Å²) in [5, 5.41) is 2.30. The van der Waals surface area contributed by atoms with Gasteiger partial charge in [0.25, 0.3) is 0 Å². The number of hydrogen-bond acceptors (Lipinski definition) is 6. The Hall–Kier alpha value is -11.9. The SMILES string of the molecule is C=C/C=C\C=C(/C)c1nc(-c2ccc(-c3cccc(-c4ccc(-c5nc(-c6ccc(-c7ccccc7)cc6)nc(-c6ccc7c(c6)C(c6ccc(C)cc6)(c6ccc(C)cc6)c6ccccc6-7)n5)cc4)c3)cc2)nc(-c2cc3c(c4ccccc24)-c2ccccc2C3(C)C)n1. The third-order valence-corrected chi connectivity index (χ3v) is 19.4. The maximum atomic E-state index is 5.38. The van der Waals surface area contributed by atoms with Crippen molar-refractivity contribution < 1.29 is 0 Å². The first kappa shape index (κ1) is 58.2. The van der Waals surface area contributed by atoms with Gasteiger partial charge in [0.15, 0.2) is 34.9 Å². The van der Waals surface area contributed by atoms with Crippen molar-refractivity contribution in [1.29, 1.82) is 0 Å². The second-order valence-corrected chi connectivity index (χ2v) is 25.6. The van der Waals surface area contributed by atoms with E-state index in [1.54, 1.807) is 6.08 Å². The van der Waals surface area contributed by atoms with Crippen molar-refractivity contribution in [3.8, 4) is 113 Å². The topological polar surface area (TPSA) is 77.3 Å². The second kappa shape index (κ2) is 23.7. The lowest BCUT2D eigenvalue weighted by Gasteiger charge is -2.34. The smallest absolute Gasteiger partial charge is 0.164 e. The number of rotatable bonds is 13. The van der Waals surface area contributed by atoms with Crippen molar-refractivity contribution in [2.45, 2.75) is 45.4 Å². The molecule has 2 heterocycles. The van der Waals surface area contributed by atoms with E-state index in [4.69, 9.17) is 29.9 Å². The fourth-order valence-corrected chi connectivity index (χ4v) is 14.4. The standard InChI is InChI=1S/C89H66N6/c1-7-8-10-20-58(4)82-90-83(95-87(91-82)76-55-80-81(74-27-14-13-25-71(74)76)75-28-16-17-29-77(75)88(80,5)6)63-43-37-61(38-44-63)66-23-19-24-67(53-66)62-39-45-65(46-40-62)85-92-84(64-41-35-60(36-42-64)59-21-11-9-12-22-59)93-86(94-85)68-47-52-73-72-26-15-18-30-78(72)89(79(73)54-68,69-48-31-56(2)32-49-69)70-50-33-57(3)34-51-70/h7-55H,1H2,2-6H3/b10-8-,58-20+. The van der Waals surface area contributed by atoms with Crippen molar-refractivity contribution in [3.05, 3.63) is 354 Å². The van der Waals surface area contributed by atoms with Gasteiger partial charge in [-0.3, -0.25) is 0 Å². The van der Waals surface area contributed by atoms with Crippen molar-refractivity contribution in [2.24, 2.45) is 0 Å². The van der Waals surface area contributed by atoms with Crippen LogP contribution in [0.1, 0.15) is 71.1 Å². The molecule has 0 radical (unpaired) electrons. The quantitative estimate of drug-likeness (QED) is 0.107. The third kappa shape index (κ3) is 10.2. The average Bonchev–Trinajstić information content (AvgIpc) is 1.56. The number of nitrogens with zero attached hydrogens (tertiary/aromatic N) is 6. The molecule has 2 aliphatic carbocycles. The molecule has 2 aromatic heterocycles. The lowest BCUT2D eigenvalue weighted by Crippen LogP contribution is -2.28. The summed E-state index contributed by atoms with van der Waals surface area (Å²) in [6, 6.07) is 98.5. The van der Waals surface area contributed by atoms with Gasteiger partial charge in [-0.2, -0.15) is 0 Å². The maximum Gasteiger partial charge on any atom is 0.164 e. The Morgan fingerprint density at radius 1 is 0.326 bits per heavy atom. The van der Waals surface area contributed by atoms with Crippen molar-refractivity contribution in [1.82, 2.24) is 29.9 Å². The van der Waals surface area contributed by atoms with Crippen LogP contribution in [0.5, 0.6) is 0 Å². The molecule has 14 aromatic rings. The van der Waals surface area contributed by atoms with Gasteiger partial charge in [-0.25, -0.2) is 29.9 Å². The first-order valence-corrected chi connectivity index (χ1v) is 32.5. The third-order valence-electron chi connectivity index (χ3n) is 19.4. The van der Waals surface area contributed by atoms with Crippen LogP contribution in [-0.2, 0) is 10.8 Å². The normalized spacial score (nSPS) is 13.3. The van der Waals surface area contributed by atoms with Gasteiger partial charge >= 0.3 is 0 Å². The van der Waals surface area contributed by atoms with Gasteiger partial charge < -0.3 is 0 Å². The molecule has 0 fully saturated rings. The minimum Gasteiger partial charge on any atom is -0.209 e. The van der Waals surface area contributed by atoms with Crippen LogP contribution in [-0.4, -0.2) is 29.9 Å². The molecule has 0 bridgehead atoms. The molecule has 0 unspecified atom stereocenters. The van der Waals surface area contributed by atoms with Gasteiger partial charge in [-0.15, -0.1) is 0 Å². The lowest BCUT2D eigenvalue weighted by molar-refractivity contribution is 0.661. The highest BCUT2D eigenvalue weighted by atomic mass is 15.0. The van der Waals surface area contributed by atoms with Gasteiger partial charge in [0, 0.05) is 33.2 Å². The van der Waals surface area contributed by atoms with E-state index in [0.717, 1.165) is 72.2 Å². The Morgan fingerprint density at radius 3 is 1.37 bits per heavy atom. The van der Waals surface area contributed by atoms with Crippen molar-refractivity contribution >= 4 is 16.3 Å². The second-order valence-electron chi connectivity index (χ2n) is 25.6. The Balaban J connectivity index is 0.748. The average molecular weight is 1220 g/mol. The number of hydrogen-bond donors (Lipinski definition) is 0. The highest BCUT2D eigenvalue weighted by Crippen LogP contribution is 2.57. The summed E-state index contributed by atoms with van der Waals surface area (Å²) < 4.78 is 0. The molecular formula is C89H66N6. The zero-order valence-electron chi connectivity index (χ0n) is 53.7. The molecule has 6 heteroatoms. The predicted octanol–water partition coefficient (Wildman–Crippen LogP) is 22.0. The number of aryl methyl sites for hydroxylation is 2. The van der Waals surface area contributed by atoms with Crippen molar-refractivity contribution in [2.75, 3.05) is 0 Å². The summed E-state index contributed by atoms with van der Waals surface area (Å²) >= 11 is 0. The number of aromatic nitrogens is 6. The highest BCUT2D eigenvalue weighted by molar-refractivity contribution is 6.08. The highest BCUT2D eigenvalue weighted by Gasteiger charge is 2.46. The number of fused-ring (bicyclic) bond motifs is 8. The van der Waals surface area contributed by atoms with E-state index in [1.807, 2.05) is 31.2 Å². The maximum absolute atomic E-state index is 5.38. The van der Waals surface area contributed by atoms with Gasteiger partial charge in [0.1, 0.15) is 0 Å². The van der Waals surface area contributed by atoms with Crippen LogP contribution >= 0.6 is 0 Å². The molecule has 0 aliphatic heterocycles. The Morgan fingerprint density at radius 2 is 0.768 bits per heavy atom. The summed E-state index contributed by atoms with van der Waals surface area (Å²) in [6.07, 6.45) is 7.68. The predicted molar refractivity (Wildman–Crippen MR) is 392 cm³/mol. The lowest BCUT2D eigenvalue weighted by atomic mass is 9.67. The molecule has 0 spiro atoms. The van der Waals surface area contributed by atoms with Gasteiger partial charge in [-0.05, 0) is 144 Å². The van der Waals surface area contributed by atoms with E-state index < -0.39 is 5.41 Å². The van der Waals surface area contributed by atoms with Crippen LogP contribution in [0.15, 0.2) is 304 Å². The molecule has 0 amide bonds. The summed E-state index contributed by atoms with van der Waals surface area (Å²) in [4.78, 5) is 31.7. The first-order valence-electron chi connectivity index (χ1n) is 32.5. The van der Waals surface area contributed by atoms with E-state index in [-0.39, 0.29) is 5.41 Å². The van der Waals surface area contributed by atoms with E-state index in [1.165, 1.54) is 72.1 Å². The molecule has 95 heavy (non-hydrogen) atoms. The molecule has 0 saturated heterocycles. The molecule has 16 rings (SSSR count). The molecule has 0 N–H and O–H groups in total. The molecule has 452 valence electrons. The number of allylic oxidation sites excluding steroid dienone is 5. The minimum absolute atomic E-state index is 0.215. The van der Waals surface area contributed by atoms with Crippen LogP contribution in [0, 0.1) is 13.8 Å². The Bertz CT molecular complexity index is 5350. The molecule has 12 aromatic carbocycles. The molecule has 2 aliphatic rings. The Kier molecular flexibility index (Phi) is 14.5. The largest absolute Gasteiger partial charge is 0.209 e. The summed E-state index contributed by atoms with van der Waals surface area (Å²) in [7, 11) is 0. The Labute approximate surface area is 555 Å². The zero-order chi connectivity index (χ0) is 64.4. The molecule has 0 saturated carbocycles. The summed E-state index contributed by atoms with van der Waals surface area (Å²) in [5.74, 6) is 3.64. The van der Waals surface area contributed by atoms with Crippen LogP contribution in [0.2, 0.25) is 0 Å². The van der Waals surface area contributed by atoms with E-state index in [2.05, 4.69) is 301 Å². The fraction of sp³-hybridized carbons (Fsp3) is 0.0787. The first-order chi connectivity index (χ1) is 46.5. The molecule has 6 nitrogen and oxygen atoms in total. The molecule has 0 atom stereocenters. The van der Waals surface area contributed by atoms with Crippen molar-refractivity contribution in [3.63, 3.8) is 0 Å². The summed E-state index contributed by atoms with van der Waals surface area (Å²) in [5.41, 5.74) is 26.2.